The predicted octanol–water partition coefficient (Wildman–Crippen LogP) is 1.36. The minimum absolute atomic E-state index is 0.142. The first-order chi connectivity index (χ1) is 7.43. The number of hydrogen-bond acceptors (Lipinski definition) is 3. The molecule has 0 saturated carbocycles. The second-order valence-corrected chi connectivity index (χ2v) is 4.24. The maximum absolute atomic E-state index is 11.2. The molecule has 1 heterocycles. The SMILES string of the molecule is C#CCNC(=O)Oc1cnn(C(C)(C)C)c1. The van der Waals surface area contributed by atoms with Gasteiger partial charge in [0.2, 0.25) is 0 Å². The molecule has 0 unspecified atom stereocenters. The standard InChI is InChI=1S/C11H15N3O2/c1-5-6-12-10(15)16-9-7-13-14(8-9)11(2,3)4/h1,7-8H,6H2,2-4H3,(H,12,15). The van der Waals surface area contributed by atoms with Gasteiger partial charge in [-0.3, -0.25) is 4.68 Å². The summed E-state index contributed by atoms with van der Waals surface area (Å²) >= 11 is 0. The summed E-state index contributed by atoms with van der Waals surface area (Å²) in [7, 11) is 0. The van der Waals surface area contributed by atoms with Crippen LogP contribution in [0.25, 0.3) is 0 Å². The molecule has 0 atom stereocenters. The van der Waals surface area contributed by atoms with Crippen LogP contribution in [0.1, 0.15) is 20.8 Å². The molecule has 0 aliphatic carbocycles. The number of carbonyl (C=O) groups is 1. The molecule has 86 valence electrons. The number of aromatic nitrogens is 2. The van der Waals surface area contributed by atoms with Crippen molar-refractivity contribution in [2.24, 2.45) is 0 Å². The molecule has 1 N–H and O–H groups in total. The Morgan fingerprint density at radius 3 is 2.88 bits per heavy atom. The van der Waals surface area contributed by atoms with Crippen molar-refractivity contribution in [2.75, 3.05) is 6.54 Å². The monoisotopic (exact) mass is 221 g/mol. The zero-order chi connectivity index (χ0) is 12.2. The predicted molar refractivity (Wildman–Crippen MR) is 60.1 cm³/mol. The number of nitrogens with one attached hydrogen (secondary N) is 1. The summed E-state index contributed by atoms with van der Waals surface area (Å²) < 4.78 is 6.68. The third-order valence-electron chi connectivity index (χ3n) is 1.79. The average Bonchev–Trinajstić information content (AvgIpc) is 2.62. The van der Waals surface area contributed by atoms with Gasteiger partial charge in [-0.15, -0.1) is 6.42 Å². The van der Waals surface area contributed by atoms with E-state index in [1.54, 1.807) is 10.9 Å². The molecule has 0 aliphatic heterocycles. The van der Waals surface area contributed by atoms with Crippen LogP contribution in [0.5, 0.6) is 5.75 Å². The summed E-state index contributed by atoms with van der Waals surface area (Å²) in [5.74, 6) is 2.67. The van der Waals surface area contributed by atoms with E-state index in [0.29, 0.717) is 5.75 Å². The minimum atomic E-state index is -0.577. The Kier molecular flexibility index (Phi) is 3.56. The van der Waals surface area contributed by atoms with Crippen LogP contribution < -0.4 is 10.1 Å². The molecule has 1 amide bonds. The quantitative estimate of drug-likeness (QED) is 0.767. The fourth-order valence-corrected chi connectivity index (χ4v) is 0.992. The Balaban J connectivity index is 2.60. The van der Waals surface area contributed by atoms with Gasteiger partial charge in [0.15, 0.2) is 5.75 Å². The summed E-state index contributed by atoms with van der Waals surface area (Å²) in [6.07, 6.45) is 7.57. The van der Waals surface area contributed by atoms with E-state index in [0.717, 1.165) is 0 Å². The number of terminal acetylenes is 1. The van der Waals surface area contributed by atoms with Crippen LogP contribution in [0.4, 0.5) is 4.79 Å². The second kappa shape index (κ2) is 4.71. The summed E-state index contributed by atoms with van der Waals surface area (Å²) in [5.41, 5.74) is -0.142. The molecule has 0 fully saturated rings. The van der Waals surface area contributed by atoms with Gasteiger partial charge in [-0.05, 0) is 20.8 Å². The van der Waals surface area contributed by atoms with Gasteiger partial charge in [0, 0.05) is 0 Å². The normalized spacial score (nSPS) is 10.6. The van der Waals surface area contributed by atoms with Crippen molar-refractivity contribution < 1.29 is 9.53 Å². The Hall–Kier alpha value is -1.96. The van der Waals surface area contributed by atoms with Crippen molar-refractivity contribution in [3.8, 4) is 18.1 Å². The molecule has 16 heavy (non-hydrogen) atoms. The van der Waals surface area contributed by atoms with Crippen LogP contribution in [0, 0.1) is 12.3 Å². The van der Waals surface area contributed by atoms with E-state index in [1.807, 2.05) is 20.8 Å². The third-order valence-corrected chi connectivity index (χ3v) is 1.79. The molecular formula is C11H15N3O2. The summed E-state index contributed by atoms with van der Waals surface area (Å²) in [5, 5.41) is 6.49. The number of hydrogen-bond donors (Lipinski definition) is 1. The maximum Gasteiger partial charge on any atom is 0.413 e. The van der Waals surface area contributed by atoms with Gasteiger partial charge in [-0.25, -0.2) is 4.79 Å². The van der Waals surface area contributed by atoms with E-state index in [4.69, 9.17) is 11.2 Å². The van der Waals surface area contributed by atoms with Crippen LogP contribution in [0.15, 0.2) is 12.4 Å². The lowest BCUT2D eigenvalue weighted by molar-refractivity contribution is 0.201. The van der Waals surface area contributed by atoms with E-state index >= 15 is 0 Å². The number of amides is 1. The average molecular weight is 221 g/mol. The van der Waals surface area contributed by atoms with E-state index in [1.165, 1.54) is 6.20 Å². The largest absolute Gasteiger partial charge is 0.413 e. The highest BCUT2D eigenvalue weighted by atomic mass is 16.6. The smallest absolute Gasteiger partial charge is 0.407 e. The topological polar surface area (TPSA) is 56.1 Å². The Bertz CT molecular complexity index is 410. The highest BCUT2D eigenvalue weighted by Gasteiger charge is 2.15. The lowest BCUT2D eigenvalue weighted by Crippen LogP contribution is -2.27. The summed E-state index contributed by atoms with van der Waals surface area (Å²) in [4.78, 5) is 11.2. The molecule has 1 rings (SSSR count). The second-order valence-electron chi connectivity index (χ2n) is 4.24. The van der Waals surface area contributed by atoms with Gasteiger partial charge in [0.25, 0.3) is 0 Å². The van der Waals surface area contributed by atoms with Crippen LogP contribution in [0.3, 0.4) is 0 Å². The first kappa shape index (κ1) is 12.1. The van der Waals surface area contributed by atoms with E-state index in [9.17, 15) is 4.79 Å². The van der Waals surface area contributed by atoms with Gasteiger partial charge in [0.05, 0.1) is 24.5 Å². The van der Waals surface area contributed by atoms with Crippen molar-refractivity contribution in [2.45, 2.75) is 26.3 Å². The Morgan fingerprint density at radius 1 is 1.69 bits per heavy atom. The highest BCUT2D eigenvalue weighted by Crippen LogP contribution is 2.17. The molecule has 0 bridgehead atoms. The maximum atomic E-state index is 11.2. The zero-order valence-electron chi connectivity index (χ0n) is 9.65. The number of rotatable bonds is 2. The molecule has 0 saturated heterocycles. The van der Waals surface area contributed by atoms with E-state index < -0.39 is 6.09 Å². The molecule has 0 aliphatic rings. The van der Waals surface area contributed by atoms with Crippen LogP contribution >= 0.6 is 0 Å². The third kappa shape index (κ3) is 3.31. The molecule has 0 radical (unpaired) electrons. The zero-order valence-corrected chi connectivity index (χ0v) is 9.65. The Labute approximate surface area is 94.8 Å². The van der Waals surface area contributed by atoms with Gasteiger partial charge in [0.1, 0.15) is 0 Å². The molecule has 0 spiro atoms. The van der Waals surface area contributed by atoms with Crippen molar-refractivity contribution in [3.05, 3.63) is 12.4 Å². The lowest BCUT2D eigenvalue weighted by Gasteiger charge is -2.18. The van der Waals surface area contributed by atoms with Gasteiger partial charge in [-0.1, -0.05) is 5.92 Å². The molecule has 1 aromatic rings. The fraction of sp³-hybridized carbons (Fsp3) is 0.455. The van der Waals surface area contributed by atoms with E-state index in [-0.39, 0.29) is 12.1 Å². The van der Waals surface area contributed by atoms with Crippen LogP contribution in [-0.2, 0) is 5.54 Å². The summed E-state index contributed by atoms with van der Waals surface area (Å²) in [6, 6.07) is 0. The Morgan fingerprint density at radius 2 is 2.38 bits per heavy atom. The van der Waals surface area contributed by atoms with Crippen molar-refractivity contribution in [1.29, 1.82) is 0 Å². The van der Waals surface area contributed by atoms with Crippen molar-refractivity contribution in [3.63, 3.8) is 0 Å². The molecule has 0 aromatic carbocycles. The molecule has 5 heteroatoms. The van der Waals surface area contributed by atoms with Crippen molar-refractivity contribution in [1.82, 2.24) is 15.1 Å². The number of ether oxygens (including phenoxy) is 1. The highest BCUT2D eigenvalue weighted by molar-refractivity contribution is 5.70. The van der Waals surface area contributed by atoms with Crippen LogP contribution in [-0.4, -0.2) is 22.4 Å². The lowest BCUT2D eigenvalue weighted by atomic mass is 10.1. The molecule has 5 nitrogen and oxygen atoms in total. The first-order valence-electron chi connectivity index (χ1n) is 4.88. The first-order valence-corrected chi connectivity index (χ1v) is 4.88. The van der Waals surface area contributed by atoms with Gasteiger partial charge < -0.3 is 10.1 Å². The summed E-state index contributed by atoms with van der Waals surface area (Å²) in [6.45, 7) is 6.15. The fourth-order valence-electron chi connectivity index (χ4n) is 0.992. The molecular weight excluding hydrogens is 206 g/mol. The minimum Gasteiger partial charge on any atom is -0.407 e. The molecule has 1 aromatic heterocycles. The van der Waals surface area contributed by atoms with E-state index in [2.05, 4.69) is 16.3 Å². The van der Waals surface area contributed by atoms with Gasteiger partial charge >= 0.3 is 6.09 Å². The van der Waals surface area contributed by atoms with Crippen molar-refractivity contribution >= 4 is 6.09 Å². The van der Waals surface area contributed by atoms with Crippen LogP contribution in [0.2, 0.25) is 0 Å². The number of nitrogens with zero attached hydrogens (tertiary/aromatic N) is 2. The van der Waals surface area contributed by atoms with Gasteiger partial charge in [-0.2, -0.15) is 5.10 Å². The number of carbonyl (C=O) groups excluding carboxylic acids is 1.